The number of nitrogens with zero attached hydrogens (tertiary/aromatic N) is 1. The van der Waals surface area contributed by atoms with E-state index in [9.17, 15) is 4.39 Å². The zero-order chi connectivity index (χ0) is 9.84. The van der Waals surface area contributed by atoms with Crippen molar-refractivity contribution in [3.05, 3.63) is 24.4 Å². The van der Waals surface area contributed by atoms with E-state index < -0.39 is 6.30 Å². The van der Waals surface area contributed by atoms with Crippen LogP contribution in [0.5, 0.6) is 0 Å². The van der Waals surface area contributed by atoms with E-state index in [0.29, 0.717) is 13.0 Å². The third-order valence-corrected chi connectivity index (χ3v) is 2.52. The first-order chi connectivity index (χ1) is 6.15. The van der Waals surface area contributed by atoms with E-state index in [4.69, 9.17) is 0 Å². The molecule has 0 aromatic heterocycles. The topological polar surface area (TPSA) is 3.24 Å². The molecule has 0 bridgehead atoms. The SMILES string of the molecule is C=C1CCCC(F)N(C(=C)CC)C1. The van der Waals surface area contributed by atoms with Crippen LogP contribution in [0.1, 0.15) is 32.6 Å². The van der Waals surface area contributed by atoms with Crippen LogP contribution in [0, 0.1) is 0 Å². The molecule has 1 nitrogen and oxygen atoms in total. The lowest BCUT2D eigenvalue weighted by atomic mass is 10.1. The molecule has 0 N–H and O–H groups in total. The van der Waals surface area contributed by atoms with Crippen LogP contribution in [0.4, 0.5) is 4.39 Å². The molecule has 1 heterocycles. The summed E-state index contributed by atoms with van der Waals surface area (Å²) >= 11 is 0. The van der Waals surface area contributed by atoms with E-state index in [1.54, 1.807) is 4.90 Å². The van der Waals surface area contributed by atoms with Crippen molar-refractivity contribution in [1.29, 1.82) is 0 Å². The molecule has 2 heteroatoms. The molecule has 74 valence electrons. The first-order valence-corrected chi connectivity index (χ1v) is 4.90. The number of alkyl halides is 1. The quantitative estimate of drug-likeness (QED) is 0.469. The Labute approximate surface area is 79.9 Å². The van der Waals surface area contributed by atoms with E-state index in [0.717, 1.165) is 30.5 Å². The van der Waals surface area contributed by atoms with Gasteiger partial charge in [-0.25, -0.2) is 4.39 Å². The van der Waals surface area contributed by atoms with Gasteiger partial charge in [0.2, 0.25) is 0 Å². The maximum atomic E-state index is 13.5. The van der Waals surface area contributed by atoms with Gasteiger partial charge in [0.25, 0.3) is 0 Å². The van der Waals surface area contributed by atoms with Crippen molar-refractivity contribution in [1.82, 2.24) is 4.90 Å². The van der Waals surface area contributed by atoms with Crippen LogP contribution >= 0.6 is 0 Å². The zero-order valence-corrected chi connectivity index (χ0v) is 8.35. The molecular weight excluding hydrogens is 165 g/mol. The molecule has 1 unspecified atom stereocenters. The molecule has 1 aliphatic rings. The summed E-state index contributed by atoms with van der Waals surface area (Å²) in [6.07, 6.45) is 2.43. The van der Waals surface area contributed by atoms with Crippen molar-refractivity contribution in [2.45, 2.75) is 38.9 Å². The first-order valence-electron chi connectivity index (χ1n) is 4.90. The summed E-state index contributed by atoms with van der Waals surface area (Å²) in [5.41, 5.74) is 2.00. The summed E-state index contributed by atoms with van der Waals surface area (Å²) in [5.74, 6) is 0. The minimum absolute atomic E-state index is 0.609. The Morgan fingerprint density at radius 2 is 2.38 bits per heavy atom. The smallest absolute Gasteiger partial charge is 0.172 e. The number of hydrogen-bond acceptors (Lipinski definition) is 1. The fourth-order valence-electron chi connectivity index (χ4n) is 1.61. The van der Waals surface area contributed by atoms with Gasteiger partial charge in [-0.15, -0.1) is 0 Å². The molecule has 1 aliphatic heterocycles. The Kier molecular flexibility index (Phi) is 3.52. The van der Waals surface area contributed by atoms with Gasteiger partial charge in [0.15, 0.2) is 6.30 Å². The summed E-state index contributed by atoms with van der Waals surface area (Å²) in [4.78, 5) is 1.75. The van der Waals surface area contributed by atoms with Crippen LogP contribution in [0.25, 0.3) is 0 Å². The van der Waals surface area contributed by atoms with Gasteiger partial charge in [-0.3, -0.25) is 0 Å². The van der Waals surface area contributed by atoms with Crippen molar-refractivity contribution in [3.63, 3.8) is 0 Å². The molecule has 0 aliphatic carbocycles. The molecule has 0 radical (unpaired) electrons. The summed E-state index contributed by atoms with van der Waals surface area (Å²) in [7, 11) is 0. The number of halogens is 1. The van der Waals surface area contributed by atoms with Crippen molar-refractivity contribution >= 4 is 0 Å². The maximum Gasteiger partial charge on any atom is 0.172 e. The van der Waals surface area contributed by atoms with Gasteiger partial charge < -0.3 is 4.90 Å². The van der Waals surface area contributed by atoms with Gasteiger partial charge in [-0.1, -0.05) is 25.7 Å². The Balaban J connectivity index is 2.67. The highest BCUT2D eigenvalue weighted by atomic mass is 19.1. The molecule has 13 heavy (non-hydrogen) atoms. The first kappa shape index (κ1) is 10.3. The van der Waals surface area contributed by atoms with Crippen LogP contribution in [0.2, 0.25) is 0 Å². The Hall–Kier alpha value is -0.790. The van der Waals surface area contributed by atoms with Gasteiger partial charge in [0.05, 0.1) is 0 Å². The lowest BCUT2D eigenvalue weighted by molar-refractivity contribution is 0.122. The lowest BCUT2D eigenvalue weighted by Gasteiger charge is -2.27. The highest BCUT2D eigenvalue weighted by Gasteiger charge is 2.21. The van der Waals surface area contributed by atoms with Crippen molar-refractivity contribution in [3.8, 4) is 0 Å². The van der Waals surface area contributed by atoms with Gasteiger partial charge in [-0.05, 0) is 25.7 Å². The summed E-state index contributed by atoms with van der Waals surface area (Å²) < 4.78 is 13.5. The van der Waals surface area contributed by atoms with Crippen LogP contribution in [-0.2, 0) is 0 Å². The van der Waals surface area contributed by atoms with E-state index in [1.165, 1.54) is 0 Å². The molecule has 0 spiro atoms. The molecule has 1 saturated heterocycles. The molecule has 0 aromatic carbocycles. The fraction of sp³-hybridized carbons (Fsp3) is 0.636. The van der Waals surface area contributed by atoms with Crippen molar-refractivity contribution < 1.29 is 4.39 Å². The van der Waals surface area contributed by atoms with E-state index in [-0.39, 0.29) is 0 Å². The number of likely N-dealkylation sites (tertiary alicyclic amines) is 1. The monoisotopic (exact) mass is 183 g/mol. The highest BCUT2D eigenvalue weighted by Crippen LogP contribution is 2.24. The van der Waals surface area contributed by atoms with E-state index in [1.807, 2.05) is 6.92 Å². The predicted octanol–water partition coefficient (Wildman–Crippen LogP) is 3.25. The highest BCUT2D eigenvalue weighted by molar-refractivity contribution is 5.06. The summed E-state index contributed by atoms with van der Waals surface area (Å²) in [5, 5.41) is 0. The maximum absolute atomic E-state index is 13.5. The summed E-state index contributed by atoms with van der Waals surface area (Å²) in [6.45, 7) is 10.4. The average molecular weight is 183 g/mol. The van der Waals surface area contributed by atoms with Crippen molar-refractivity contribution in [2.24, 2.45) is 0 Å². The van der Waals surface area contributed by atoms with E-state index >= 15 is 0 Å². The Morgan fingerprint density at radius 1 is 1.69 bits per heavy atom. The average Bonchev–Trinajstić information content (AvgIpc) is 2.27. The molecule has 1 atom stereocenters. The molecule has 0 amide bonds. The van der Waals surface area contributed by atoms with Crippen molar-refractivity contribution in [2.75, 3.05) is 6.54 Å². The lowest BCUT2D eigenvalue weighted by Crippen LogP contribution is -2.30. The number of rotatable bonds is 2. The van der Waals surface area contributed by atoms with Gasteiger partial charge in [0.1, 0.15) is 0 Å². The second-order valence-electron chi connectivity index (χ2n) is 3.62. The third-order valence-electron chi connectivity index (χ3n) is 2.52. The van der Waals surface area contributed by atoms with E-state index in [2.05, 4.69) is 13.2 Å². The molecular formula is C11H18FN. The van der Waals surface area contributed by atoms with Gasteiger partial charge in [-0.2, -0.15) is 0 Å². The molecule has 0 aromatic rings. The fourth-order valence-corrected chi connectivity index (χ4v) is 1.61. The standard InChI is InChI=1S/C11H18FN/c1-4-10(3)13-8-9(2)6-5-7-11(13)12/h11H,2-8H2,1H3. The van der Waals surface area contributed by atoms with Crippen LogP contribution in [0.3, 0.4) is 0 Å². The van der Waals surface area contributed by atoms with Crippen LogP contribution in [-0.4, -0.2) is 17.7 Å². The molecule has 1 fully saturated rings. The zero-order valence-electron chi connectivity index (χ0n) is 8.35. The second kappa shape index (κ2) is 4.45. The molecule has 1 rings (SSSR count). The number of hydrogen-bond donors (Lipinski definition) is 0. The minimum atomic E-state index is -0.855. The van der Waals surface area contributed by atoms with Crippen LogP contribution < -0.4 is 0 Å². The Bertz CT molecular complexity index is 210. The minimum Gasteiger partial charge on any atom is -0.342 e. The largest absolute Gasteiger partial charge is 0.342 e. The second-order valence-corrected chi connectivity index (χ2v) is 3.62. The third kappa shape index (κ3) is 2.58. The summed E-state index contributed by atoms with van der Waals surface area (Å²) in [6, 6.07) is 0. The molecule has 0 saturated carbocycles. The van der Waals surface area contributed by atoms with Crippen LogP contribution in [0.15, 0.2) is 24.4 Å². The number of allylic oxidation sites excluding steroid dienone is 1. The normalized spacial score (nSPS) is 24.3. The Morgan fingerprint density at radius 3 is 3.00 bits per heavy atom. The van der Waals surface area contributed by atoms with Gasteiger partial charge in [0, 0.05) is 12.2 Å². The predicted molar refractivity (Wildman–Crippen MR) is 54.0 cm³/mol. The van der Waals surface area contributed by atoms with Gasteiger partial charge >= 0.3 is 0 Å².